The van der Waals surface area contributed by atoms with Crippen LogP contribution in [0.2, 0.25) is 0 Å². The zero-order valence-electron chi connectivity index (χ0n) is 12.3. The van der Waals surface area contributed by atoms with Crippen molar-refractivity contribution in [2.24, 2.45) is 5.92 Å². The Labute approximate surface area is 118 Å². The summed E-state index contributed by atoms with van der Waals surface area (Å²) in [7, 11) is 0. The molecule has 0 saturated heterocycles. The van der Waals surface area contributed by atoms with Crippen LogP contribution >= 0.6 is 0 Å². The zero-order chi connectivity index (χ0) is 15.3. The van der Waals surface area contributed by atoms with Crippen molar-refractivity contribution in [1.29, 1.82) is 0 Å². The van der Waals surface area contributed by atoms with E-state index < -0.39 is 23.7 Å². The van der Waals surface area contributed by atoms with E-state index in [0.29, 0.717) is 12.5 Å². The minimum Gasteiger partial charge on any atom is -0.354 e. The minimum absolute atomic E-state index is 0.151. The lowest BCUT2D eigenvalue weighted by Gasteiger charge is -2.21. The van der Waals surface area contributed by atoms with Crippen LogP contribution in [0, 0.1) is 17.6 Å². The van der Waals surface area contributed by atoms with E-state index in [1.54, 1.807) is 13.8 Å². The molecule has 5 heteroatoms. The number of hydrogen-bond donors (Lipinski definition) is 2. The maximum atomic E-state index is 13.6. The Morgan fingerprint density at radius 3 is 2.45 bits per heavy atom. The normalized spacial score (nSPS) is 14.2. The largest absolute Gasteiger partial charge is 0.354 e. The van der Waals surface area contributed by atoms with Crippen LogP contribution in [0.5, 0.6) is 0 Å². The van der Waals surface area contributed by atoms with E-state index in [4.69, 9.17) is 0 Å². The van der Waals surface area contributed by atoms with Gasteiger partial charge in [0, 0.05) is 18.2 Å². The average Bonchev–Trinajstić information content (AvgIpc) is 2.38. The molecule has 0 aliphatic rings. The lowest BCUT2D eigenvalue weighted by Crippen LogP contribution is -2.44. The molecule has 0 radical (unpaired) electrons. The quantitative estimate of drug-likeness (QED) is 0.843. The van der Waals surface area contributed by atoms with Crippen molar-refractivity contribution in [2.75, 3.05) is 6.54 Å². The van der Waals surface area contributed by atoms with E-state index in [1.165, 1.54) is 12.1 Å². The third-order valence-corrected chi connectivity index (χ3v) is 3.03. The van der Waals surface area contributed by atoms with Gasteiger partial charge in [0.1, 0.15) is 0 Å². The van der Waals surface area contributed by atoms with E-state index >= 15 is 0 Å². The molecule has 20 heavy (non-hydrogen) atoms. The molecule has 0 aromatic heterocycles. The molecular formula is C15H22F2N2O. The molecule has 0 bridgehead atoms. The summed E-state index contributed by atoms with van der Waals surface area (Å²) in [5.74, 6) is -1.54. The molecule has 2 atom stereocenters. The Balaban J connectivity index is 2.63. The number of carbonyl (C=O) groups excluding carboxylic acids is 1. The van der Waals surface area contributed by atoms with Gasteiger partial charge < -0.3 is 5.32 Å². The zero-order valence-corrected chi connectivity index (χ0v) is 12.3. The van der Waals surface area contributed by atoms with Gasteiger partial charge >= 0.3 is 0 Å². The third-order valence-electron chi connectivity index (χ3n) is 3.03. The Hall–Kier alpha value is -1.49. The highest BCUT2D eigenvalue weighted by Gasteiger charge is 2.19. The molecule has 1 aromatic carbocycles. The number of nitrogens with one attached hydrogen (secondary N) is 2. The summed E-state index contributed by atoms with van der Waals surface area (Å²) in [5, 5.41) is 5.76. The van der Waals surface area contributed by atoms with E-state index in [1.807, 2.05) is 13.8 Å². The van der Waals surface area contributed by atoms with Crippen molar-refractivity contribution < 1.29 is 13.6 Å². The smallest absolute Gasteiger partial charge is 0.236 e. The summed E-state index contributed by atoms with van der Waals surface area (Å²) in [6, 6.07) is 3.10. The van der Waals surface area contributed by atoms with Crippen molar-refractivity contribution in [1.82, 2.24) is 10.6 Å². The second-order valence-electron chi connectivity index (χ2n) is 5.39. The molecule has 1 aromatic rings. The van der Waals surface area contributed by atoms with Gasteiger partial charge in [0.25, 0.3) is 0 Å². The van der Waals surface area contributed by atoms with Gasteiger partial charge in [-0.05, 0) is 25.8 Å². The van der Waals surface area contributed by atoms with Crippen molar-refractivity contribution in [3.05, 3.63) is 35.4 Å². The first kappa shape index (κ1) is 16.6. The summed E-state index contributed by atoms with van der Waals surface area (Å²) < 4.78 is 26.8. The van der Waals surface area contributed by atoms with Gasteiger partial charge in [-0.25, -0.2) is 8.78 Å². The molecule has 0 fully saturated rings. The van der Waals surface area contributed by atoms with Crippen LogP contribution in [0.3, 0.4) is 0 Å². The van der Waals surface area contributed by atoms with Crippen LogP contribution < -0.4 is 10.6 Å². The van der Waals surface area contributed by atoms with Gasteiger partial charge in [-0.1, -0.05) is 26.0 Å². The van der Waals surface area contributed by atoms with Crippen molar-refractivity contribution in [3.8, 4) is 0 Å². The monoisotopic (exact) mass is 284 g/mol. The molecule has 2 unspecified atom stereocenters. The SMILES string of the molecule is CC(C)CNC(=O)C(C)NC(C)c1cccc(F)c1F. The summed E-state index contributed by atoms with van der Waals surface area (Å²) in [6.45, 7) is 7.99. The molecule has 0 heterocycles. The van der Waals surface area contributed by atoms with Gasteiger partial charge in [0.2, 0.25) is 5.91 Å². The predicted molar refractivity (Wildman–Crippen MR) is 75.2 cm³/mol. The molecule has 0 spiro atoms. The fourth-order valence-electron chi connectivity index (χ4n) is 1.85. The first-order chi connectivity index (χ1) is 9.32. The average molecular weight is 284 g/mol. The van der Waals surface area contributed by atoms with Crippen LogP contribution in [-0.4, -0.2) is 18.5 Å². The lowest BCUT2D eigenvalue weighted by molar-refractivity contribution is -0.123. The molecule has 1 amide bonds. The topological polar surface area (TPSA) is 41.1 Å². The maximum Gasteiger partial charge on any atom is 0.236 e. The van der Waals surface area contributed by atoms with Gasteiger partial charge in [-0.3, -0.25) is 10.1 Å². The van der Waals surface area contributed by atoms with Gasteiger partial charge in [-0.15, -0.1) is 0 Å². The highest BCUT2D eigenvalue weighted by Crippen LogP contribution is 2.19. The molecule has 0 saturated carbocycles. The standard InChI is InChI=1S/C15H22F2N2O/c1-9(2)8-18-15(20)11(4)19-10(3)12-6-5-7-13(16)14(12)17/h5-7,9-11,19H,8H2,1-4H3,(H,18,20). The molecule has 1 rings (SSSR count). The second-order valence-corrected chi connectivity index (χ2v) is 5.39. The highest BCUT2D eigenvalue weighted by atomic mass is 19.2. The number of halogens is 2. The number of carbonyl (C=O) groups is 1. The Kier molecular flexibility index (Phi) is 6.07. The molecule has 2 N–H and O–H groups in total. The molecule has 0 aliphatic heterocycles. The van der Waals surface area contributed by atoms with Gasteiger partial charge in [0.15, 0.2) is 11.6 Å². The Morgan fingerprint density at radius 2 is 1.85 bits per heavy atom. The van der Waals surface area contributed by atoms with E-state index in [9.17, 15) is 13.6 Å². The lowest BCUT2D eigenvalue weighted by atomic mass is 10.1. The number of amides is 1. The third kappa shape index (κ3) is 4.56. The molecule has 112 valence electrons. The van der Waals surface area contributed by atoms with Crippen LogP contribution in [0.25, 0.3) is 0 Å². The first-order valence-corrected chi connectivity index (χ1v) is 6.80. The Morgan fingerprint density at radius 1 is 1.20 bits per heavy atom. The summed E-state index contributed by atoms with van der Waals surface area (Å²) >= 11 is 0. The van der Waals surface area contributed by atoms with Crippen molar-refractivity contribution in [2.45, 2.75) is 39.8 Å². The number of hydrogen-bond acceptors (Lipinski definition) is 2. The molecule has 3 nitrogen and oxygen atoms in total. The van der Waals surface area contributed by atoms with Gasteiger partial charge in [0.05, 0.1) is 6.04 Å². The van der Waals surface area contributed by atoms with E-state index in [0.717, 1.165) is 6.07 Å². The Bertz CT molecular complexity index is 463. The molecule has 0 aliphatic carbocycles. The predicted octanol–water partition coefficient (Wildman–Crippen LogP) is 2.78. The van der Waals surface area contributed by atoms with E-state index in [2.05, 4.69) is 10.6 Å². The summed E-state index contributed by atoms with van der Waals surface area (Å²) in [4.78, 5) is 11.8. The van der Waals surface area contributed by atoms with Crippen molar-refractivity contribution >= 4 is 5.91 Å². The summed E-state index contributed by atoms with van der Waals surface area (Å²) in [6.07, 6.45) is 0. The fourth-order valence-corrected chi connectivity index (χ4v) is 1.85. The number of benzene rings is 1. The summed E-state index contributed by atoms with van der Waals surface area (Å²) in [5.41, 5.74) is 0.216. The second kappa shape index (κ2) is 7.33. The number of rotatable bonds is 6. The fraction of sp³-hybridized carbons (Fsp3) is 0.533. The maximum absolute atomic E-state index is 13.6. The van der Waals surface area contributed by atoms with E-state index in [-0.39, 0.29) is 11.5 Å². The van der Waals surface area contributed by atoms with Gasteiger partial charge in [-0.2, -0.15) is 0 Å². The molecular weight excluding hydrogens is 262 g/mol. The van der Waals surface area contributed by atoms with Crippen LogP contribution in [0.15, 0.2) is 18.2 Å². The highest BCUT2D eigenvalue weighted by molar-refractivity contribution is 5.81. The van der Waals surface area contributed by atoms with Crippen LogP contribution in [0.4, 0.5) is 8.78 Å². The van der Waals surface area contributed by atoms with Crippen LogP contribution in [0.1, 0.15) is 39.3 Å². The van der Waals surface area contributed by atoms with Crippen LogP contribution in [-0.2, 0) is 4.79 Å². The minimum atomic E-state index is -0.881. The van der Waals surface area contributed by atoms with Crippen molar-refractivity contribution in [3.63, 3.8) is 0 Å². The first-order valence-electron chi connectivity index (χ1n) is 6.80.